The van der Waals surface area contributed by atoms with Gasteiger partial charge in [0.2, 0.25) is 0 Å². The third kappa shape index (κ3) is 2.22. The van der Waals surface area contributed by atoms with Crippen molar-refractivity contribution < 1.29 is 4.39 Å². The van der Waals surface area contributed by atoms with Crippen LogP contribution < -0.4 is 0 Å². The fraction of sp³-hybridized carbons (Fsp3) is 0.0714. The molecular formula is C14H11FN4. The number of halogens is 1. The number of nitrogens with zero attached hydrogens (tertiary/aromatic N) is 3. The summed E-state index contributed by atoms with van der Waals surface area (Å²) in [6, 6.07) is 5.27. The molecule has 0 aromatic carbocycles. The Morgan fingerprint density at radius 1 is 1.05 bits per heavy atom. The number of imidazole rings is 1. The zero-order valence-electron chi connectivity index (χ0n) is 10.3. The lowest BCUT2D eigenvalue weighted by Crippen LogP contribution is -1.89. The topological polar surface area (TPSA) is 54.5 Å². The number of aryl methyl sites for hydroxylation is 1. The molecule has 0 atom stereocenters. The number of pyridine rings is 2. The number of aromatic amines is 1. The quantitative estimate of drug-likeness (QED) is 0.764. The molecule has 0 unspecified atom stereocenters. The van der Waals surface area contributed by atoms with Crippen molar-refractivity contribution in [2.75, 3.05) is 0 Å². The van der Waals surface area contributed by atoms with Crippen LogP contribution in [0.15, 0.2) is 43.0 Å². The highest BCUT2D eigenvalue weighted by atomic mass is 19.1. The zero-order valence-corrected chi connectivity index (χ0v) is 10.3. The van der Waals surface area contributed by atoms with E-state index >= 15 is 0 Å². The standard InChI is InChI=1S/C14H11FN4/c1-9-17-8-14(19-9)10-2-3-13(18-6-10)11-4-5-16-7-12(11)15/h2-8H,1H3,(H,17,19). The lowest BCUT2D eigenvalue weighted by atomic mass is 10.1. The molecule has 0 bridgehead atoms. The van der Waals surface area contributed by atoms with Crippen molar-refractivity contribution in [2.45, 2.75) is 6.92 Å². The van der Waals surface area contributed by atoms with Gasteiger partial charge in [0.1, 0.15) is 5.82 Å². The minimum atomic E-state index is -0.375. The highest BCUT2D eigenvalue weighted by Gasteiger charge is 2.07. The van der Waals surface area contributed by atoms with E-state index in [1.54, 1.807) is 30.7 Å². The summed E-state index contributed by atoms with van der Waals surface area (Å²) < 4.78 is 13.6. The van der Waals surface area contributed by atoms with E-state index in [1.165, 1.54) is 6.20 Å². The summed E-state index contributed by atoms with van der Waals surface area (Å²) in [5, 5.41) is 0. The Balaban J connectivity index is 1.97. The lowest BCUT2D eigenvalue weighted by molar-refractivity contribution is 0.624. The van der Waals surface area contributed by atoms with E-state index in [4.69, 9.17) is 0 Å². The molecule has 0 saturated carbocycles. The molecule has 0 spiro atoms. The molecule has 0 radical (unpaired) electrons. The number of rotatable bonds is 2. The first kappa shape index (κ1) is 11.5. The lowest BCUT2D eigenvalue weighted by Gasteiger charge is -2.03. The molecule has 1 N–H and O–H groups in total. The summed E-state index contributed by atoms with van der Waals surface area (Å²) in [5.41, 5.74) is 2.84. The van der Waals surface area contributed by atoms with Crippen molar-refractivity contribution in [3.63, 3.8) is 0 Å². The predicted octanol–water partition coefficient (Wildman–Crippen LogP) is 2.98. The molecule has 0 aliphatic heterocycles. The van der Waals surface area contributed by atoms with Crippen LogP contribution in [-0.2, 0) is 0 Å². The molecule has 3 rings (SSSR count). The van der Waals surface area contributed by atoms with Gasteiger partial charge in [0.05, 0.1) is 23.8 Å². The van der Waals surface area contributed by atoms with Gasteiger partial charge in [-0.05, 0) is 25.1 Å². The number of nitrogens with one attached hydrogen (secondary N) is 1. The van der Waals surface area contributed by atoms with Crippen LogP contribution in [0.25, 0.3) is 22.5 Å². The average molecular weight is 254 g/mol. The van der Waals surface area contributed by atoms with Crippen LogP contribution in [0.5, 0.6) is 0 Å². The molecule has 4 nitrogen and oxygen atoms in total. The SMILES string of the molecule is Cc1ncc(-c2ccc(-c3ccncc3F)nc2)[nH]1. The van der Waals surface area contributed by atoms with Gasteiger partial charge in [0, 0.05) is 23.5 Å². The van der Waals surface area contributed by atoms with Crippen molar-refractivity contribution in [3.8, 4) is 22.5 Å². The maximum Gasteiger partial charge on any atom is 0.150 e. The molecule has 0 fully saturated rings. The normalized spacial score (nSPS) is 10.6. The summed E-state index contributed by atoms with van der Waals surface area (Å²) >= 11 is 0. The highest BCUT2D eigenvalue weighted by Crippen LogP contribution is 2.22. The molecule has 5 heteroatoms. The van der Waals surface area contributed by atoms with Gasteiger partial charge in [0.15, 0.2) is 5.82 Å². The van der Waals surface area contributed by atoms with Gasteiger partial charge in [-0.15, -0.1) is 0 Å². The van der Waals surface area contributed by atoms with Crippen molar-refractivity contribution in [3.05, 3.63) is 54.6 Å². The molecule has 3 aromatic heterocycles. The first-order chi connectivity index (χ1) is 9.24. The van der Waals surface area contributed by atoms with Gasteiger partial charge in [-0.3, -0.25) is 9.97 Å². The second-order valence-corrected chi connectivity index (χ2v) is 4.17. The molecule has 3 aromatic rings. The van der Waals surface area contributed by atoms with Crippen LogP contribution in [-0.4, -0.2) is 19.9 Å². The van der Waals surface area contributed by atoms with Crippen LogP contribution in [0.3, 0.4) is 0 Å². The summed E-state index contributed by atoms with van der Waals surface area (Å²) in [6.07, 6.45) is 6.18. The molecule has 0 amide bonds. The maximum absolute atomic E-state index is 13.6. The van der Waals surface area contributed by atoms with Crippen LogP contribution in [0.2, 0.25) is 0 Å². The Bertz CT molecular complexity index is 703. The van der Waals surface area contributed by atoms with Gasteiger partial charge < -0.3 is 4.98 Å². The smallest absolute Gasteiger partial charge is 0.150 e. The first-order valence-electron chi connectivity index (χ1n) is 5.82. The fourth-order valence-electron chi connectivity index (χ4n) is 1.86. The van der Waals surface area contributed by atoms with Crippen LogP contribution in [0.4, 0.5) is 4.39 Å². The van der Waals surface area contributed by atoms with Gasteiger partial charge in [-0.25, -0.2) is 9.37 Å². The molecular weight excluding hydrogens is 243 g/mol. The average Bonchev–Trinajstić information content (AvgIpc) is 2.86. The van der Waals surface area contributed by atoms with Crippen molar-refractivity contribution in [1.29, 1.82) is 0 Å². The Labute approximate surface area is 109 Å². The number of hydrogen-bond donors (Lipinski definition) is 1. The number of H-pyrrole nitrogens is 1. The van der Waals surface area contributed by atoms with Crippen LogP contribution in [0, 0.1) is 12.7 Å². The summed E-state index contributed by atoms with van der Waals surface area (Å²) in [4.78, 5) is 15.3. The second kappa shape index (κ2) is 4.61. The number of aromatic nitrogens is 4. The van der Waals surface area contributed by atoms with Crippen LogP contribution >= 0.6 is 0 Å². The van der Waals surface area contributed by atoms with E-state index in [9.17, 15) is 4.39 Å². The summed E-state index contributed by atoms with van der Waals surface area (Å²) in [5.74, 6) is 0.472. The zero-order chi connectivity index (χ0) is 13.2. The van der Waals surface area contributed by atoms with E-state index in [1.807, 2.05) is 13.0 Å². The highest BCUT2D eigenvalue weighted by molar-refractivity contribution is 5.64. The number of hydrogen-bond acceptors (Lipinski definition) is 3. The molecule has 94 valence electrons. The van der Waals surface area contributed by atoms with Crippen molar-refractivity contribution in [1.82, 2.24) is 19.9 Å². The minimum absolute atomic E-state index is 0.375. The summed E-state index contributed by atoms with van der Waals surface area (Å²) in [6.45, 7) is 1.89. The van der Waals surface area contributed by atoms with Crippen molar-refractivity contribution >= 4 is 0 Å². The monoisotopic (exact) mass is 254 g/mol. The van der Waals surface area contributed by atoms with Gasteiger partial charge in [-0.2, -0.15) is 0 Å². The maximum atomic E-state index is 13.6. The van der Waals surface area contributed by atoms with Gasteiger partial charge in [-0.1, -0.05) is 0 Å². The van der Waals surface area contributed by atoms with E-state index in [-0.39, 0.29) is 5.82 Å². The third-order valence-corrected chi connectivity index (χ3v) is 2.83. The fourth-order valence-corrected chi connectivity index (χ4v) is 1.86. The Morgan fingerprint density at radius 3 is 2.58 bits per heavy atom. The van der Waals surface area contributed by atoms with Crippen molar-refractivity contribution in [2.24, 2.45) is 0 Å². The van der Waals surface area contributed by atoms with E-state index in [0.717, 1.165) is 17.1 Å². The third-order valence-electron chi connectivity index (χ3n) is 2.83. The first-order valence-corrected chi connectivity index (χ1v) is 5.82. The largest absolute Gasteiger partial charge is 0.342 e. The molecule has 0 saturated heterocycles. The van der Waals surface area contributed by atoms with Gasteiger partial charge in [0.25, 0.3) is 0 Å². The van der Waals surface area contributed by atoms with E-state index < -0.39 is 0 Å². The second-order valence-electron chi connectivity index (χ2n) is 4.17. The Hall–Kier alpha value is -2.56. The molecule has 0 aliphatic rings. The molecule has 19 heavy (non-hydrogen) atoms. The Kier molecular flexibility index (Phi) is 2.79. The van der Waals surface area contributed by atoms with Crippen LogP contribution in [0.1, 0.15) is 5.82 Å². The van der Waals surface area contributed by atoms with E-state index in [0.29, 0.717) is 11.3 Å². The minimum Gasteiger partial charge on any atom is -0.342 e. The van der Waals surface area contributed by atoms with E-state index in [2.05, 4.69) is 19.9 Å². The molecule has 3 heterocycles. The Morgan fingerprint density at radius 2 is 1.95 bits per heavy atom. The summed E-state index contributed by atoms with van der Waals surface area (Å²) in [7, 11) is 0. The molecule has 0 aliphatic carbocycles. The van der Waals surface area contributed by atoms with Gasteiger partial charge >= 0.3 is 0 Å². The predicted molar refractivity (Wildman–Crippen MR) is 69.7 cm³/mol.